The van der Waals surface area contributed by atoms with Crippen molar-refractivity contribution in [3.8, 4) is 0 Å². The molecule has 1 N–H and O–H groups in total. The normalized spacial score (nSPS) is 10.6. The van der Waals surface area contributed by atoms with Crippen LogP contribution in [0.2, 0.25) is 0 Å². The third-order valence-electron chi connectivity index (χ3n) is 2.50. The number of esters is 1. The van der Waals surface area contributed by atoms with E-state index in [-0.39, 0.29) is 32.4 Å². The van der Waals surface area contributed by atoms with E-state index in [0.717, 1.165) is 0 Å². The summed E-state index contributed by atoms with van der Waals surface area (Å²) in [5, 5.41) is 8.15. The van der Waals surface area contributed by atoms with E-state index in [0.29, 0.717) is 6.42 Å². The van der Waals surface area contributed by atoms with Gasteiger partial charge in [0.2, 0.25) is 0 Å². The van der Waals surface area contributed by atoms with Crippen LogP contribution in [-0.2, 0) is 23.7 Å². The molecule has 0 bridgehead atoms. The van der Waals surface area contributed by atoms with Gasteiger partial charge in [0.05, 0.1) is 5.41 Å². The Labute approximate surface area is 116 Å². The second kappa shape index (κ2) is 9.00. The topological polar surface area (TPSA) is 108 Å². The molecule has 0 atom stereocenters. The first kappa shape index (κ1) is 18.0. The molecule has 0 saturated heterocycles. The standard InChI is InChI=1S/C12H20O8/c1-4-12(2,3)9(13)17-5-7-19-11(16)20-8-6-18-10(14)15/h4-8H2,1-3H3,(H,14,15). The molecule has 8 nitrogen and oxygen atoms in total. The van der Waals surface area contributed by atoms with Gasteiger partial charge in [-0.25, -0.2) is 9.59 Å². The van der Waals surface area contributed by atoms with Gasteiger partial charge in [0.15, 0.2) is 0 Å². The van der Waals surface area contributed by atoms with Gasteiger partial charge in [0, 0.05) is 0 Å². The Morgan fingerprint density at radius 2 is 1.35 bits per heavy atom. The van der Waals surface area contributed by atoms with Crippen molar-refractivity contribution < 1.29 is 38.4 Å². The summed E-state index contributed by atoms with van der Waals surface area (Å²) in [6.45, 7) is 4.67. The monoisotopic (exact) mass is 292 g/mol. The Bertz CT molecular complexity index is 336. The van der Waals surface area contributed by atoms with E-state index >= 15 is 0 Å². The number of carboxylic acid groups (broad SMARTS) is 1. The van der Waals surface area contributed by atoms with Crippen LogP contribution in [0.1, 0.15) is 27.2 Å². The van der Waals surface area contributed by atoms with Gasteiger partial charge in [0.25, 0.3) is 0 Å². The first-order valence-electron chi connectivity index (χ1n) is 6.12. The molecule has 0 radical (unpaired) electrons. The highest BCUT2D eigenvalue weighted by molar-refractivity contribution is 5.75. The highest BCUT2D eigenvalue weighted by Crippen LogP contribution is 2.21. The number of ether oxygens (including phenoxy) is 4. The van der Waals surface area contributed by atoms with Crippen molar-refractivity contribution in [1.82, 2.24) is 0 Å². The van der Waals surface area contributed by atoms with Gasteiger partial charge >= 0.3 is 18.3 Å². The van der Waals surface area contributed by atoms with Crippen molar-refractivity contribution in [2.24, 2.45) is 5.41 Å². The van der Waals surface area contributed by atoms with E-state index in [9.17, 15) is 14.4 Å². The average molecular weight is 292 g/mol. The van der Waals surface area contributed by atoms with Crippen LogP contribution < -0.4 is 0 Å². The van der Waals surface area contributed by atoms with Crippen LogP contribution in [0.3, 0.4) is 0 Å². The van der Waals surface area contributed by atoms with Crippen LogP contribution in [0, 0.1) is 5.41 Å². The molecule has 0 heterocycles. The predicted octanol–water partition coefficient (Wildman–Crippen LogP) is 1.81. The molecule has 20 heavy (non-hydrogen) atoms. The fourth-order valence-corrected chi connectivity index (χ4v) is 0.895. The fraction of sp³-hybridized carbons (Fsp3) is 0.750. The molecule has 0 aromatic rings. The molecular formula is C12H20O8. The lowest BCUT2D eigenvalue weighted by atomic mass is 9.91. The van der Waals surface area contributed by atoms with Gasteiger partial charge in [-0.2, -0.15) is 0 Å². The van der Waals surface area contributed by atoms with Crippen molar-refractivity contribution in [3.63, 3.8) is 0 Å². The number of hydrogen-bond donors (Lipinski definition) is 1. The van der Waals surface area contributed by atoms with Crippen molar-refractivity contribution in [3.05, 3.63) is 0 Å². The smallest absolute Gasteiger partial charge is 0.462 e. The summed E-state index contributed by atoms with van der Waals surface area (Å²) in [4.78, 5) is 32.5. The quantitative estimate of drug-likeness (QED) is 0.410. The summed E-state index contributed by atoms with van der Waals surface area (Å²) in [6, 6.07) is 0. The Balaban J connectivity index is 3.62. The maximum atomic E-state index is 11.5. The van der Waals surface area contributed by atoms with E-state index in [1.165, 1.54) is 0 Å². The Morgan fingerprint density at radius 3 is 1.80 bits per heavy atom. The van der Waals surface area contributed by atoms with Crippen LogP contribution in [0.25, 0.3) is 0 Å². The molecule has 0 fully saturated rings. The minimum Gasteiger partial charge on any atom is -0.462 e. The Morgan fingerprint density at radius 1 is 0.900 bits per heavy atom. The van der Waals surface area contributed by atoms with Gasteiger partial charge in [0.1, 0.15) is 26.4 Å². The zero-order valence-electron chi connectivity index (χ0n) is 11.8. The van der Waals surface area contributed by atoms with E-state index in [1.807, 2.05) is 6.92 Å². The zero-order chi connectivity index (χ0) is 15.6. The molecule has 0 aromatic heterocycles. The first-order valence-corrected chi connectivity index (χ1v) is 6.12. The van der Waals surface area contributed by atoms with Crippen molar-refractivity contribution in [1.29, 1.82) is 0 Å². The minimum absolute atomic E-state index is 0.0665. The van der Waals surface area contributed by atoms with Gasteiger partial charge in [-0.15, -0.1) is 0 Å². The third-order valence-corrected chi connectivity index (χ3v) is 2.50. The van der Waals surface area contributed by atoms with Gasteiger partial charge in [-0.1, -0.05) is 6.92 Å². The van der Waals surface area contributed by atoms with Crippen LogP contribution in [-0.4, -0.2) is 49.8 Å². The molecule has 8 heteroatoms. The summed E-state index contributed by atoms with van der Waals surface area (Å²) < 4.78 is 18.1. The molecule has 0 spiro atoms. The van der Waals surface area contributed by atoms with Crippen molar-refractivity contribution in [2.75, 3.05) is 26.4 Å². The predicted molar refractivity (Wildman–Crippen MR) is 66.3 cm³/mol. The van der Waals surface area contributed by atoms with E-state index in [4.69, 9.17) is 9.84 Å². The molecule has 0 amide bonds. The highest BCUT2D eigenvalue weighted by atomic mass is 16.7. The molecule has 0 rings (SSSR count). The summed E-state index contributed by atoms with van der Waals surface area (Å²) in [5.41, 5.74) is -0.575. The largest absolute Gasteiger partial charge is 0.508 e. The molecular weight excluding hydrogens is 272 g/mol. The Hall–Kier alpha value is -1.99. The molecule has 0 aliphatic heterocycles. The second-order valence-electron chi connectivity index (χ2n) is 4.43. The van der Waals surface area contributed by atoms with E-state index < -0.39 is 17.7 Å². The van der Waals surface area contributed by atoms with Gasteiger partial charge in [-0.3, -0.25) is 4.79 Å². The van der Waals surface area contributed by atoms with Crippen LogP contribution in [0.4, 0.5) is 9.59 Å². The lowest BCUT2D eigenvalue weighted by molar-refractivity contribution is -0.155. The summed E-state index contributed by atoms with van der Waals surface area (Å²) in [7, 11) is 0. The maximum absolute atomic E-state index is 11.5. The van der Waals surface area contributed by atoms with Gasteiger partial charge < -0.3 is 24.1 Å². The Kier molecular flexibility index (Phi) is 8.10. The molecule has 0 aliphatic rings. The average Bonchev–Trinajstić information content (AvgIpc) is 2.39. The van der Waals surface area contributed by atoms with E-state index in [1.54, 1.807) is 13.8 Å². The van der Waals surface area contributed by atoms with Crippen LogP contribution in [0.15, 0.2) is 0 Å². The van der Waals surface area contributed by atoms with Gasteiger partial charge in [-0.05, 0) is 20.3 Å². The SMILES string of the molecule is CCC(C)(C)C(=O)OCCOC(=O)OCCOC(=O)O. The van der Waals surface area contributed by atoms with Crippen molar-refractivity contribution >= 4 is 18.3 Å². The number of hydrogen-bond acceptors (Lipinski definition) is 7. The molecule has 0 saturated carbocycles. The zero-order valence-corrected chi connectivity index (χ0v) is 11.8. The minimum atomic E-state index is -1.45. The lowest BCUT2D eigenvalue weighted by Crippen LogP contribution is -2.27. The first-order chi connectivity index (χ1) is 9.29. The maximum Gasteiger partial charge on any atom is 0.508 e. The van der Waals surface area contributed by atoms with Crippen LogP contribution >= 0.6 is 0 Å². The van der Waals surface area contributed by atoms with Crippen LogP contribution in [0.5, 0.6) is 0 Å². The lowest BCUT2D eigenvalue weighted by Gasteiger charge is -2.20. The number of carbonyl (C=O) groups is 3. The second-order valence-corrected chi connectivity index (χ2v) is 4.43. The summed E-state index contributed by atoms with van der Waals surface area (Å²) >= 11 is 0. The third kappa shape index (κ3) is 8.17. The molecule has 0 aromatic carbocycles. The number of rotatable bonds is 8. The fourth-order valence-electron chi connectivity index (χ4n) is 0.895. The highest BCUT2D eigenvalue weighted by Gasteiger charge is 2.26. The summed E-state index contributed by atoms with van der Waals surface area (Å²) in [5.74, 6) is -0.369. The molecule has 0 aliphatic carbocycles. The van der Waals surface area contributed by atoms with Crippen molar-refractivity contribution in [2.45, 2.75) is 27.2 Å². The van der Waals surface area contributed by atoms with E-state index in [2.05, 4.69) is 14.2 Å². The number of carbonyl (C=O) groups excluding carboxylic acids is 2. The molecule has 116 valence electrons. The molecule has 0 unspecified atom stereocenters. The summed E-state index contributed by atoms with van der Waals surface area (Å²) in [6.07, 6.45) is -1.80.